The number of carbonyl (C=O) groups is 1. The van der Waals surface area contributed by atoms with E-state index in [0.717, 1.165) is 9.35 Å². The molecule has 0 aliphatic heterocycles. The summed E-state index contributed by atoms with van der Waals surface area (Å²) in [6.45, 7) is 4.49. The highest BCUT2D eigenvalue weighted by Gasteiger charge is 2.20. The molecule has 112 valence electrons. The molecule has 1 aromatic carbocycles. The van der Waals surface area contributed by atoms with E-state index < -0.39 is 0 Å². The molecular formula is C15H14BrCl2NOS. The van der Waals surface area contributed by atoms with Gasteiger partial charge in [-0.1, -0.05) is 29.3 Å². The Hall–Kier alpha value is -0.550. The molecule has 0 saturated carbocycles. The van der Waals surface area contributed by atoms with Crippen molar-refractivity contribution in [3.8, 4) is 0 Å². The smallest absolute Gasteiger partial charge is 0.255 e. The molecule has 2 nitrogen and oxygen atoms in total. The lowest BCUT2D eigenvalue weighted by Gasteiger charge is -2.26. The van der Waals surface area contributed by atoms with Crippen molar-refractivity contribution in [2.75, 3.05) is 0 Å². The van der Waals surface area contributed by atoms with Gasteiger partial charge in [-0.15, -0.1) is 11.3 Å². The third kappa shape index (κ3) is 4.22. The van der Waals surface area contributed by atoms with Gasteiger partial charge < -0.3 is 4.90 Å². The predicted molar refractivity (Wildman–Crippen MR) is 93.5 cm³/mol. The second-order valence-electron chi connectivity index (χ2n) is 4.91. The van der Waals surface area contributed by atoms with Gasteiger partial charge in [0.2, 0.25) is 0 Å². The summed E-state index contributed by atoms with van der Waals surface area (Å²) in [7, 11) is 0. The molecule has 2 aromatic rings. The van der Waals surface area contributed by atoms with Crippen LogP contribution in [0.15, 0.2) is 33.4 Å². The Kier molecular flexibility index (Phi) is 5.72. The van der Waals surface area contributed by atoms with Crippen LogP contribution in [-0.2, 0) is 6.54 Å². The molecule has 0 radical (unpaired) electrons. The maximum absolute atomic E-state index is 12.6. The van der Waals surface area contributed by atoms with Gasteiger partial charge in [0.1, 0.15) is 0 Å². The average Bonchev–Trinajstić information content (AvgIpc) is 2.85. The van der Waals surface area contributed by atoms with Gasteiger partial charge in [0.15, 0.2) is 0 Å². The minimum Gasteiger partial charge on any atom is -0.332 e. The fraction of sp³-hybridized carbons (Fsp3) is 0.267. The lowest BCUT2D eigenvalue weighted by molar-refractivity contribution is 0.0691. The van der Waals surface area contributed by atoms with Gasteiger partial charge in [0, 0.05) is 18.0 Å². The maximum Gasteiger partial charge on any atom is 0.255 e. The van der Waals surface area contributed by atoms with Gasteiger partial charge in [-0.25, -0.2) is 0 Å². The first-order valence-corrected chi connectivity index (χ1v) is 8.80. The molecule has 0 spiro atoms. The van der Waals surface area contributed by atoms with E-state index in [1.54, 1.807) is 12.1 Å². The molecule has 0 atom stereocenters. The van der Waals surface area contributed by atoms with Crippen LogP contribution in [0.5, 0.6) is 0 Å². The van der Waals surface area contributed by atoms with Crippen LogP contribution in [-0.4, -0.2) is 16.8 Å². The molecule has 0 aliphatic rings. The topological polar surface area (TPSA) is 20.3 Å². The SMILES string of the molecule is CC(C)N(Cc1ccc(Cl)c(Cl)c1)C(=O)c1csc(Br)c1. The van der Waals surface area contributed by atoms with Crippen LogP contribution < -0.4 is 0 Å². The van der Waals surface area contributed by atoms with E-state index in [-0.39, 0.29) is 11.9 Å². The minimum absolute atomic E-state index is 0.0121. The van der Waals surface area contributed by atoms with E-state index in [0.29, 0.717) is 22.2 Å². The highest BCUT2D eigenvalue weighted by atomic mass is 79.9. The van der Waals surface area contributed by atoms with Gasteiger partial charge in [-0.05, 0) is 53.5 Å². The van der Waals surface area contributed by atoms with Gasteiger partial charge in [0.25, 0.3) is 5.91 Å². The Bertz CT molecular complexity index is 657. The Labute approximate surface area is 146 Å². The first-order valence-electron chi connectivity index (χ1n) is 6.37. The van der Waals surface area contributed by atoms with Crippen molar-refractivity contribution in [1.29, 1.82) is 0 Å². The zero-order valence-corrected chi connectivity index (χ0v) is 15.5. The molecule has 0 saturated heterocycles. The molecule has 0 aliphatic carbocycles. The van der Waals surface area contributed by atoms with Crippen LogP contribution in [0.3, 0.4) is 0 Å². The van der Waals surface area contributed by atoms with Crippen LogP contribution in [0.2, 0.25) is 10.0 Å². The zero-order chi connectivity index (χ0) is 15.6. The molecule has 1 amide bonds. The van der Waals surface area contributed by atoms with Crippen molar-refractivity contribution in [3.63, 3.8) is 0 Å². The molecule has 0 bridgehead atoms. The summed E-state index contributed by atoms with van der Waals surface area (Å²) in [5, 5.41) is 2.88. The number of benzene rings is 1. The first kappa shape index (κ1) is 16.8. The fourth-order valence-electron chi connectivity index (χ4n) is 1.91. The maximum atomic E-state index is 12.6. The lowest BCUT2D eigenvalue weighted by atomic mass is 10.1. The van der Waals surface area contributed by atoms with Crippen LogP contribution in [0.25, 0.3) is 0 Å². The van der Waals surface area contributed by atoms with Crippen molar-refractivity contribution < 1.29 is 4.79 Å². The monoisotopic (exact) mass is 405 g/mol. The van der Waals surface area contributed by atoms with Gasteiger partial charge in [-0.3, -0.25) is 4.79 Å². The van der Waals surface area contributed by atoms with E-state index in [4.69, 9.17) is 23.2 Å². The standard InChI is InChI=1S/C15H14BrCl2NOS/c1-9(2)19(15(20)11-6-14(16)21-8-11)7-10-3-4-12(17)13(18)5-10/h3-6,8-9H,7H2,1-2H3. The van der Waals surface area contributed by atoms with Crippen molar-refractivity contribution >= 4 is 56.4 Å². The number of thiophene rings is 1. The molecule has 1 aromatic heterocycles. The first-order chi connectivity index (χ1) is 9.88. The predicted octanol–water partition coefficient (Wildman–Crippen LogP) is 5.87. The molecule has 2 rings (SSSR count). The Morgan fingerprint density at radius 1 is 1.29 bits per heavy atom. The Balaban J connectivity index is 2.23. The quantitative estimate of drug-likeness (QED) is 0.621. The third-order valence-electron chi connectivity index (χ3n) is 3.04. The molecule has 0 N–H and O–H groups in total. The second kappa shape index (κ2) is 7.14. The summed E-state index contributed by atoms with van der Waals surface area (Å²) >= 11 is 16.9. The van der Waals surface area contributed by atoms with E-state index in [9.17, 15) is 4.79 Å². The lowest BCUT2D eigenvalue weighted by Crippen LogP contribution is -2.36. The largest absolute Gasteiger partial charge is 0.332 e. The van der Waals surface area contributed by atoms with Crippen molar-refractivity contribution in [1.82, 2.24) is 4.90 Å². The number of carbonyl (C=O) groups excluding carboxylic acids is 1. The van der Waals surface area contributed by atoms with E-state index in [1.165, 1.54) is 11.3 Å². The van der Waals surface area contributed by atoms with Crippen molar-refractivity contribution in [3.05, 3.63) is 54.6 Å². The number of hydrogen-bond acceptors (Lipinski definition) is 2. The highest BCUT2D eigenvalue weighted by molar-refractivity contribution is 9.11. The summed E-state index contributed by atoms with van der Waals surface area (Å²) in [5.41, 5.74) is 1.65. The number of amides is 1. The van der Waals surface area contributed by atoms with E-state index in [2.05, 4.69) is 15.9 Å². The molecule has 1 heterocycles. The molecule has 21 heavy (non-hydrogen) atoms. The summed E-state index contributed by atoms with van der Waals surface area (Å²) in [4.78, 5) is 14.4. The average molecular weight is 407 g/mol. The van der Waals surface area contributed by atoms with E-state index in [1.807, 2.05) is 36.3 Å². The van der Waals surface area contributed by atoms with Crippen LogP contribution in [0.4, 0.5) is 0 Å². The zero-order valence-electron chi connectivity index (χ0n) is 11.6. The summed E-state index contributed by atoms with van der Waals surface area (Å²) < 4.78 is 0.948. The Morgan fingerprint density at radius 2 is 2.00 bits per heavy atom. The van der Waals surface area contributed by atoms with Crippen LogP contribution in [0, 0.1) is 0 Å². The number of halogens is 3. The van der Waals surface area contributed by atoms with Crippen LogP contribution in [0.1, 0.15) is 29.8 Å². The number of rotatable bonds is 4. The van der Waals surface area contributed by atoms with Gasteiger partial charge >= 0.3 is 0 Å². The minimum atomic E-state index is 0.0121. The van der Waals surface area contributed by atoms with Gasteiger partial charge in [-0.2, -0.15) is 0 Å². The van der Waals surface area contributed by atoms with Gasteiger partial charge in [0.05, 0.1) is 19.4 Å². The molecule has 6 heteroatoms. The molecule has 0 fully saturated rings. The summed E-state index contributed by atoms with van der Waals surface area (Å²) in [6, 6.07) is 7.38. The van der Waals surface area contributed by atoms with E-state index >= 15 is 0 Å². The number of nitrogens with zero attached hydrogens (tertiary/aromatic N) is 1. The summed E-state index contributed by atoms with van der Waals surface area (Å²) in [5.74, 6) is 0.0121. The second-order valence-corrected chi connectivity index (χ2v) is 8.02. The molecule has 0 unspecified atom stereocenters. The Morgan fingerprint density at radius 3 is 2.52 bits per heavy atom. The molecular weight excluding hydrogens is 393 g/mol. The summed E-state index contributed by atoms with van der Waals surface area (Å²) in [6.07, 6.45) is 0. The number of hydrogen-bond donors (Lipinski definition) is 0. The van der Waals surface area contributed by atoms with Crippen molar-refractivity contribution in [2.45, 2.75) is 26.4 Å². The van der Waals surface area contributed by atoms with Crippen LogP contribution >= 0.6 is 50.5 Å². The fourth-order valence-corrected chi connectivity index (χ4v) is 3.36. The van der Waals surface area contributed by atoms with Crippen molar-refractivity contribution in [2.24, 2.45) is 0 Å². The normalized spacial score (nSPS) is 11.0. The highest BCUT2D eigenvalue weighted by Crippen LogP contribution is 2.26. The third-order valence-corrected chi connectivity index (χ3v) is 5.28.